The number of rotatable bonds is 4. The normalized spacial score (nSPS) is 16.0. The first kappa shape index (κ1) is 12.2. The molecule has 0 spiro atoms. The van der Waals surface area contributed by atoms with Crippen molar-refractivity contribution in [2.75, 3.05) is 5.43 Å². The van der Waals surface area contributed by atoms with Crippen LogP contribution in [0.3, 0.4) is 0 Å². The molecule has 98 valence electrons. The van der Waals surface area contributed by atoms with Gasteiger partial charge in [-0.3, -0.25) is 9.67 Å². The molecule has 0 saturated carbocycles. The Morgan fingerprint density at radius 3 is 2.60 bits per heavy atom. The molecule has 20 heavy (non-hydrogen) atoms. The summed E-state index contributed by atoms with van der Waals surface area (Å²) in [6.45, 7) is 0. The molecule has 0 radical (unpaired) electrons. The number of aromatic nitrogens is 1. The Kier molecular flexibility index (Phi) is 3.60. The summed E-state index contributed by atoms with van der Waals surface area (Å²) in [4.78, 5) is 4.47. The topological polar surface area (TPSA) is 29.3 Å². The van der Waals surface area contributed by atoms with Crippen molar-refractivity contribution in [3.05, 3.63) is 90.4 Å². The number of hydrogen-bond donors (Lipinski definition) is 1. The standard InChI is InChI=1S/C17H15N3/c1-2-9-17(10-3-1)18-13-15-7-6-8-16(15)14-19-20-11-4-5-12-20/h1-14,19H/b16-14+,18-13?. The Labute approximate surface area is 118 Å². The van der Waals surface area contributed by atoms with Gasteiger partial charge in [0.05, 0.1) is 5.69 Å². The van der Waals surface area contributed by atoms with Gasteiger partial charge in [0.1, 0.15) is 0 Å². The third-order valence-corrected chi connectivity index (χ3v) is 2.97. The average molecular weight is 261 g/mol. The van der Waals surface area contributed by atoms with Crippen molar-refractivity contribution in [2.45, 2.75) is 0 Å². The molecule has 1 aliphatic carbocycles. The van der Waals surface area contributed by atoms with Gasteiger partial charge in [-0.05, 0) is 24.3 Å². The molecule has 0 bridgehead atoms. The van der Waals surface area contributed by atoms with Crippen LogP contribution in [-0.2, 0) is 0 Å². The third-order valence-electron chi connectivity index (χ3n) is 2.97. The Morgan fingerprint density at radius 1 is 1.00 bits per heavy atom. The molecule has 0 unspecified atom stereocenters. The lowest BCUT2D eigenvalue weighted by atomic mass is 10.2. The summed E-state index contributed by atoms with van der Waals surface area (Å²) in [5.74, 6) is 0. The van der Waals surface area contributed by atoms with Crippen LogP contribution >= 0.6 is 0 Å². The second-order valence-electron chi connectivity index (χ2n) is 4.39. The zero-order chi connectivity index (χ0) is 13.6. The van der Waals surface area contributed by atoms with Crippen LogP contribution in [0.4, 0.5) is 5.69 Å². The first-order chi connectivity index (χ1) is 9.92. The van der Waals surface area contributed by atoms with Gasteiger partial charge in [0.2, 0.25) is 0 Å². The van der Waals surface area contributed by atoms with E-state index in [-0.39, 0.29) is 0 Å². The maximum absolute atomic E-state index is 4.47. The highest BCUT2D eigenvalue weighted by molar-refractivity contribution is 5.89. The lowest BCUT2D eigenvalue weighted by Crippen LogP contribution is -2.05. The Hall–Kier alpha value is -2.81. The molecule has 0 amide bonds. The minimum Gasteiger partial charge on any atom is -0.302 e. The number of aliphatic imine (C=N–C) groups is 1. The van der Waals surface area contributed by atoms with E-state index in [9.17, 15) is 0 Å². The Morgan fingerprint density at radius 2 is 1.80 bits per heavy atom. The van der Waals surface area contributed by atoms with E-state index in [1.54, 1.807) is 0 Å². The molecule has 3 nitrogen and oxygen atoms in total. The first-order valence-corrected chi connectivity index (χ1v) is 6.49. The molecule has 0 fully saturated rings. The minimum atomic E-state index is 0.956. The average Bonchev–Trinajstić information content (AvgIpc) is 3.15. The van der Waals surface area contributed by atoms with Crippen molar-refractivity contribution in [3.63, 3.8) is 0 Å². The number of hydrogen-bond acceptors (Lipinski definition) is 2. The van der Waals surface area contributed by atoms with Gasteiger partial charge in [-0.1, -0.05) is 36.4 Å². The van der Waals surface area contributed by atoms with Gasteiger partial charge >= 0.3 is 0 Å². The van der Waals surface area contributed by atoms with Gasteiger partial charge in [-0.15, -0.1) is 0 Å². The fourth-order valence-corrected chi connectivity index (χ4v) is 1.92. The van der Waals surface area contributed by atoms with E-state index in [0.717, 1.165) is 16.8 Å². The number of nitrogens with zero attached hydrogens (tertiary/aromatic N) is 2. The monoisotopic (exact) mass is 261 g/mol. The molecule has 3 heteroatoms. The molecule has 0 atom stereocenters. The number of nitrogens with one attached hydrogen (secondary N) is 1. The minimum absolute atomic E-state index is 0.956. The molecule has 2 aromatic rings. The van der Waals surface area contributed by atoms with Crippen molar-refractivity contribution in [1.29, 1.82) is 0 Å². The highest BCUT2D eigenvalue weighted by Crippen LogP contribution is 2.18. The molecule has 1 aromatic carbocycles. The second-order valence-corrected chi connectivity index (χ2v) is 4.39. The van der Waals surface area contributed by atoms with E-state index < -0.39 is 0 Å². The molecule has 0 saturated heterocycles. The van der Waals surface area contributed by atoms with Crippen LogP contribution in [0, 0.1) is 0 Å². The van der Waals surface area contributed by atoms with Crippen LogP contribution < -0.4 is 5.43 Å². The fraction of sp³-hybridized carbons (Fsp3) is 0. The Balaban J connectivity index is 1.70. The van der Waals surface area contributed by atoms with E-state index in [1.807, 2.05) is 78.0 Å². The zero-order valence-corrected chi connectivity index (χ0v) is 11.0. The highest BCUT2D eigenvalue weighted by Gasteiger charge is 2.03. The van der Waals surface area contributed by atoms with Crippen LogP contribution in [0.25, 0.3) is 0 Å². The summed E-state index contributed by atoms with van der Waals surface area (Å²) < 4.78 is 1.89. The molecule has 1 heterocycles. The SMILES string of the molecule is C1=C/C(=C\Nn2cccc2)C(C=Nc2ccccc2)=C1. The van der Waals surface area contributed by atoms with Crippen molar-refractivity contribution in [1.82, 2.24) is 4.68 Å². The van der Waals surface area contributed by atoms with Gasteiger partial charge in [-0.2, -0.15) is 0 Å². The molecule has 1 N–H and O–H groups in total. The van der Waals surface area contributed by atoms with Gasteiger partial charge in [0, 0.05) is 36.0 Å². The number of allylic oxidation sites excluding steroid dienone is 5. The van der Waals surface area contributed by atoms with Crippen molar-refractivity contribution >= 4 is 11.9 Å². The lowest BCUT2D eigenvalue weighted by Gasteiger charge is -2.04. The summed E-state index contributed by atoms with van der Waals surface area (Å²) in [5, 5.41) is 0. The molecule has 0 aliphatic heterocycles. The third kappa shape index (κ3) is 2.95. The molecule has 1 aliphatic rings. The number of benzene rings is 1. The molecule has 1 aromatic heterocycles. The smallest absolute Gasteiger partial charge is 0.0629 e. The zero-order valence-electron chi connectivity index (χ0n) is 11.0. The molecular formula is C17H15N3. The predicted octanol–water partition coefficient (Wildman–Crippen LogP) is 3.81. The van der Waals surface area contributed by atoms with Crippen LogP contribution in [0.15, 0.2) is 95.4 Å². The van der Waals surface area contributed by atoms with Crippen molar-refractivity contribution < 1.29 is 0 Å². The van der Waals surface area contributed by atoms with Crippen molar-refractivity contribution in [2.24, 2.45) is 4.99 Å². The van der Waals surface area contributed by atoms with Crippen molar-refractivity contribution in [3.8, 4) is 0 Å². The van der Waals surface area contributed by atoms with E-state index in [0.29, 0.717) is 0 Å². The van der Waals surface area contributed by atoms with Crippen LogP contribution in [0.1, 0.15) is 0 Å². The molecule has 3 rings (SSSR count). The van der Waals surface area contributed by atoms with Gasteiger partial charge < -0.3 is 5.43 Å². The second kappa shape index (κ2) is 5.89. The summed E-state index contributed by atoms with van der Waals surface area (Å²) in [5.41, 5.74) is 6.35. The lowest BCUT2D eigenvalue weighted by molar-refractivity contribution is 0.963. The summed E-state index contributed by atoms with van der Waals surface area (Å²) in [7, 11) is 0. The van der Waals surface area contributed by atoms with Crippen LogP contribution in [0.2, 0.25) is 0 Å². The van der Waals surface area contributed by atoms with Crippen LogP contribution in [0.5, 0.6) is 0 Å². The number of para-hydroxylation sites is 1. The summed E-state index contributed by atoms with van der Waals surface area (Å²) >= 11 is 0. The summed E-state index contributed by atoms with van der Waals surface area (Å²) in [6.07, 6.45) is 13.9. The maximum atomic E-state index is 4.47. The van der Waals surface area contributed by atoms with E-state index in [4.69, 9.17) is 0 Å². The Bertz CT molecular complexity index is 674. The van der Waals surface area contributed by atoms with Gasteiger partial charge in [0.25, 0.3) is 0 Å². The predicted molar refractivity (Wildman–Crippen MR) is 83.7 cm³/mol. The van der Waals surface area contributed by atoms with Gasteiger partial charge in [0.15, 0.2) is 0 Å². The van der Waals surface area contributed by atoms with Crippen LogP contribution in [-0.4, -0.2) is 10.9 Å². The molecular weight excluding hydrogens is 246 g/mol. The highest BCUT2D eigenvalue weighted by atomic mass is 15.4. The first-order valence-electron chi connectivity index (χ1n) is 6.49. The van der Waals surface area contributed by atoms with E-state index >= 15 is 0 Å². The largest absolute Gasteiger partial charge is 0.302 e. The fourth-order valence-electron chi connectivity index (χ4n) is 1.92. The summed E-state index contributed by atoms with van der Waals surface area (Å²) in [6, 6.07) is 13.9. The maximum Gasteiger partial charge on any atom is 0.0629 e. The van der Waals surface area contributed by atoms with E-state index in [1.165, 1.54) is 0 Å². The quantitative estimate of drug-likeness (QED) is 0.833. The van der Waals surface area contributed by atoms with E-state index in [2.05, 4.69) is 22.6 Å². The van der Waals surface area contributed by atoms with Gasteiger partial charge in [-0.25, -0.2) is 0 Å².